The second-order valence-corrected chi connectivity index (χ2v) is 12.6. The van der Waals surface area contributed by atoms with E-state index in [1.165, 1.54) is 6.33 Å². The van der Waals surface area contributed by atoms with Crippen molar-refractivity contribution in [2.75, 3.05) is 115 Å². The number of unbranched alkanes of at least 4 members (excludes halogenated alkanes) is 1. The maximum Gasteiger partial charge on any atom is 0.225 e. The first-order valence-electron chi connectivity index (χ1n) is 18.4. The molecule has 0 aliphatic carbocycles. The highest BCUT2D eigenvalue weighted by Crippen LogP contribution is 2.23. The normalized spacial score (nSPS) is 13.4. The largest absolute Gasteiger partial charge is 0.383 e. The van der Waals surface area contributed by atoms with Gasteiger partial charge in [0.25, 0.3) is 0 Å². The number of nitrogens with zero attached hydrogens (tertiary/aromatic N) is 7. The Kier molecular flexibility index (Phi) is 16.7. The molecular formula is C36H53N13O5. The molecule has 1 fully saturated rings. The summed E-state index contributed by atoms with van der Waals surface area (Å²) in [5.41, 5.74) is 14.7. The number of pyridine rings is 1. The van der Waals surface area contributed by atoms with Crippen LogP contribution in [-0.2, 0) is 30.3 Å². The number of anilines is 3. The van der Waals surface area contributed by atoms with Gasteiger partial charge in [-0.3, -0.25) is 15.1 Å². The van der Waals surface area contributed by atoms with Gasteiger partial charge < -0.3 is 50.9 Å². The third-order valence-electron chi connectivity index (χ3n) is 8.76. The topological polar surface area (TPSA) is 241 Å². The van der Waals surface area contributed by atoms with Crippen LogP contribution in [0.15, 0.2) is 43.2 Å². The lowest BCUT2D eigenvalue weighted by Crippen LogP contribution is -2.47. The Bertz CT molecular complexity index is 1720. The highest BCUT2D eigenvalue weighted by atomic mass is 16.6. The number of amides is 1. The quantitative estimate of drug-likeness (QED) is 0.0412. The summed E-state index contributed by atoms with van der Waals surface area (Å²) < 4.78 is 22.4. The molecule has 0 aromatic carbocycles. The van der Waals surface area contributed by atoms with E-state index in [9.17, 15) is 4.79 Å². The molecule has 1 amide bonds. The van der Waals surface area contributed by atoms with Crippen LogP contribution in [-0.4, -0.2) is 145 Å². The Labute approximate surface area is 315 Å². The van der Waals surface area contributed by atoms with Crippen LogP contribution in [0.5, 0.6) is 0 Å². The van der Waals surface area contributed by atoms with Gasteiger partial charge in [0.1, 0.15) is 23.6 Å². The highest BCUT2D eigenvalue weighted by Gasteiger charge is 2.19. The summed E-state index contributed by atoms with van der Waals surface area (Å²) in [5.74, 6) is 1.40. The number of H-pyrrole nitrogens is 1. The number of aromatic amines is 1. The standard InChI is InChI=1S/C36H53N13O5/c37-22-27-23-44-36(45-24-27)49-10-8-48(9-11-49)12-14-52-16-18-54-20-19-53-17-15-51-13-4-30(50)40-5-1-2-6-41-35-31(33(39)46-26-47-35)32(38)29-21-28-3-7-42-34(28)43-25-29/h3,7,21,23-26,38H,1-2,4-6,8-20,22,37H2,(H,40,50)(H,42,43)(H3,39,41,46,47). The second kappa shape index (κ2) is 22.4. The van der Waals surface area contributed by atoms with Crippen molar-refractivity contribution in [2.24, 2.45) is 5.73 Å². The van der Waals surface area contributed by atoms with E-state index >= 15 is 0 Å². The zero-order valence-corrected chi connectivity index (χ0v) is 30.8. The van der Waals surface area contributed by atoms with Crippen LogP contribution in [0.2, 0.25) is 0 Å². The van der Waals surface area contributed by atoms with Crippen LogP contribution in [0.25, 0.3) is 11.0 Å². The number of hydrogen-bond acceptors (Lipinski definition) is 16. The first-order chi connectivity index (χ1) is 26.5. The number of hydrogen-bond donors (Lipinski definition) is 6. The van der Waals surface area contributed by atoms with E-state index in [0.717, 1.165) is 68.1 Å². The molecule has 0 saturated carbocycles. The zero-order chi connectivity index (χ0) is 37.8. The summed E-state index contributed by atoms with van der Waals surface area (Å²) in [5, 5.41) is 15.8. The molecular weight excluding hydrogens is 694 g/mol. The molecule has 0 radical (unpaired) electrons. The van der Waals surface area contributed by atoms with Crippen LogP contribution in [0.4, 0.5) is 17.6 Å². The minimum atomic E-state index is -0.0606. The van der Waals surface area contributed by atoms with Crippen LogP contribution in [0.3, 0.4) is 0 Å². The third kappa shape index (κ3) is 12.9. The maximum atomic E-state index is 12.2. The predicted octanol–water partition coefficient (Wildman–Crippen LogP) is 1.19. The van der Waals surface area contributed by atoms with Gasteiger partial charge in [-0.25, -0.2) is 24.9 Å². The fourth-order valence-electron chi connectivity index (χ4n) is 5.68. The predicted molar refractivity (Wildman–Crippen MR) is 206 cm³/mol. The van der Waals surface area contributed by atoms with Gasteiger partial charge in [-0.05, 0) is 25.0 Å². The van der Waals surface area contributed by atoms with Gasteiger partial charge in [-0.2, -0.15) is 0 Å². The number of rotatable bonds is 25. The van der Waals surface area contributed by atoms with E-state index in [4.69, 9.17) is 35.8 Å². The molecule has 1 aliphatic heterocycles. The van der Waals surface area contributed by atoms with Crippen molar-refractivity contribution in [2.45, 2.75) is 25.8 Å². The molecule has 0 spiro atoms. The molecule has 0 bridgehead atoms. The molecule has 8 N–H and O–H groups in total. The molecule has 0 unspecified atom stereocenters. The molecule has 5 rings (SSSR count). The molecule has 292 valence electrons. The SMILES string of the molecule is N=C(c1cnc2[nH]ccc2c1)c1c(N)ncnc1NCCCCNC(=O)CCOCCOCCOCCOCCN1CCN(c2ncc(CN)cn2)CC1. The van der Waals surface area contributed by atoms with Crippen molar-refractivity contribution in [3.8, 4) is 0 Å². The summed E-state index contributed by atoms with van der Waals surface area (Å²) in [6.45, 7) is 9.99. The van der Waals surface area contributed by atoms with Crippen molar-refractivity contribution in [1.29, 1.82) is 5.41 Å². The van der Waals surface area contributed by atoms with Crippen molar-refractivity contribution in [3.05, 3.63) is 59.9 Å². The number of carbonyl (C=O) groups excluding carboxylic acids is 1. The van der Waals surface area contributed by atoms with Crippen LogP contribution < -0.4 is 27.0 Å². The van der Waals surface area contributed by atoms with Gasteiger partial charge >= 0.3 is 0 Å². The molecule has 18 nitrogen and oxygen atoms in total. The van der Waals surface area contributed by atoms with Crippen LogP contribution in [0, 0.1) is 5.41 Å². The van der Waals surface area contributed by atoms with E-state index in [-0.39, 0.29) is 23.9 Å². The lowest BCUT2D eigenvalue weighted by atomic mass is 10.0. The van der Waals surface area contributed by atoms with Gasteiger partial charge in [0.05, 0.1) is 64.1 Å². The number of nitrogen functional groups attached to an aromatic ring is 1. The average molecular weight is 748 g/mol. The molecule has 4 aromatic rings. The van der Waals surface area contributed by atoms with Gasteiger partial charge in [-0.1, -0.05) is 0 Å². The molecule has 4 aromatic heterocycles. The van der Waals surface area contributed by atoms with E-state index in [0.29, 0.717) is 89.4 Å². The van der Waals surface area contributed by atoms with Crippen LogP contribution >= 0.6 is 0 Å². The van der Waals surface area contributed by atoms with Crippen molar-refractivity contribution in [3.63, 3.8) is 0 Å². The Balaban J connectivity index is 0.792. The number of piperazine rings is 1. The number of nitrogens with one attached hydrogen (secondary N) is 4. The fraction of sp³-hybridized carbons (Fsp3) is 0.528. The van der Waals surface area contributed by atoms with E-state index in [2.05, 4.69) is 50.3 Å². The Hall–Kier alpha value is -4.85. The van der Waals surface area contributed by atoms with E-state index in [1.54, 1.807) is 24.8 Å². The molecule has 5 heterocycles. The monoisotopic (exact) mass is 747 g/mol. The van der Waals surface area contributed by atoms with E-state index < -0.39 is 0 Å². The third-order valence-corrected chi connectivity index (χ3v) is 8.76. The number of aromatic nitrogens is 6. The molecule has 1 aliphatic rings. The summed E-state index contributed by atoms with van der Waals surface area (Å²) in [4.78, 5) is 41.4. The first kappa shape index (κ1) is 40.3. The van der Waals surface area contributed by atoms with Gasteiger partial charge in [-0.15, -0.1) is 0 Å². The maximum absolute atomic E-state index is 12.2. The minimum absolute atomic E-state index is 0.0606. The molecule has 54 heavy (non-hydrogen) atoms. The first-order valence-corrected chi connectivity index (χ1v) is 18.4. The summed E-state index contributed by atoms with van der Waals surface area (Å²) in [6.07, 6.45) is 10.2. The number of fused-ring (bicyclic) bond motifs is 1. The number of ether oxygens (including phenoxy) is 4. The highest BCUT2D eigenvalue weighted by molar-refractivity contribution is 6.16. The van der Waals surface area contributed by atoms with Crippen molar-refractivity contribution in [1.82, 2.24) is 40.1 Å². The van der Waals surface area contributed by atoms with Gasteiger partial charge in [0.15, 0.2) is 0 Å². The Morgan fingerprint density at radius 1 is 0.852 bits per heavy atom. The van der Waals surface area contributed by atoms with Crippen molar-refractivity contribution >= 4 is 40.2 Å². The van der Waals surface area contributed by atoms with E-state index in [1.807, 2.05) is 12.1 Å². The molecule has 1 saturated heterocycles. The number of carbonyl (C=O) groups is 1. The van der Waals surface area contributed by atoms with Gasteiger partial charge in [0.2, 0.25) is 11.9 Å². The Morgan fingerprint density at radius 2 is 1.54 bits per heavy atom. The summed E-state index contributed by atoms with van der Waals surface area (Å²) in [7, 11) is 0. The zero-order valence-electron chi connectivity index (χ0n) is 30.8. The van der Waals surface area contributed by atoms with Crippen molar-refractivity contribution < 1.29 is 23.7 Å². The summed E-state index contributed by atoms with van der Waals surface area (Å²) >= 11 is 0. The number of nitrogens with two attached hydrogens (primary N) is 2. The molecule has 18 heteroatoms. The lowest BCUT2D eigenvalue weighted by Gasteiger charge is -2.34. The fourth-order valence-corrected chi connectivity index (χ4v) is 5.68. The molecule has 0 atom stereocenters. The minimum Gasteiger partial charge on any atom is -0.383 e. The smallest absolute Gasteiger partial charge is 0.225 e. The second-order valence-electron chi connectivity index (χ2n) is 12.6. The Morgan fingerprint density at radius 3 is 2.26 bits per heavy atom. The average Bonchev–Trinajstić information content (AvgIpc) is 3.68. The van der Waals surface area contributed by atoms with Gasteiger partial charge in [0, 0.05) is 100 Å². The lowest BCUT2D eigenvalue weighted by molar-refractivity contribution is -0.122. The van der Waals surface area contributed by atoms with Crippen LogP contribution in [0.1, 0.15) is 36.0 Å². The summed E-state index contributed by atoms with van der Waals surface area (Å²) in [6, 6.07) is 3.78.